The van der Waals surface area contributed by atoms with Crippen molar-refractivity contribution in [3.63, 3.8) is 0 Å². The summed E-state index contributed by atoms with van der Waals surface area (Å²) in [5.74, 6) is -0.951. The Morgan fingerprint density at radius 2 is 1.87 bits per heavy atom. The van der Waals surface area contributed by atoms with Crippen LogP contribution in [-0.2, 0) is 11.2 Å². The molecule has 0 saturated heterocycles. The van der Waals surface area contributed by atoms with Crippen LogP contribution in [0.15, 0.2) is 64.0 Å². The molecule has 0 aliphatic carbocycles. The zero-order valence-corrected chi connectivity index (χ0v) is 16.6. The molecule has 2 heterocycles. The minimum atomic E-state index is -1.09. The van der Waals surface area contributed by atoms with Crippen molar-refractivity contribution in [3.8, 4) is 11.3 Å². The minimum Gasteiger partial charge on any atom is -0.478 e. The molecule has 9 heteroatoms. The van der Waals surface area contributed by atoms with Crippen molar-refractivity contribution >= 4 is 52.5 Å². The smallest absolute Gasteiger partial charge is 0.355 e. The van der Waals surface area contributed by atoms with Gasteiger partial charge in [0.2, 0.25) is 0 Å². The molecule has 0 bridgehead atoms. The minimum absolute atomic E-state index is 0.0160. The number of carbonyl (C=O) groups excluding carboxylic acids is 2. The summed E-state index contributed by atoms with van der Waals surface area (Å²) >= 11 is 12.1. The molecule has 0 fully saturated rings. The highest BCUT2D eigenvalue weighted by Crippen LogP contribution is 2.31. The molecule has 1 aliphatic rings. The van der Waals surface area contributed by atoms with Gasteiger partial charge in [0.1, 0.15) is 17.2 Å². The van der Waals surface area contributed by atoms with Gasteiger partial charge in [-0.25, -0.2) is 14.5 Å². The molecule has 0 saturated carbocycles. The van der Waals surface area contributed by atoms with Gasteiger partial charge in [-0.2, -0.15) is 4.99 Å². The number of carboxylic acids is 1. The number of urea groups is 1. The van der Waals surface area contributed by atoms with Gasteiger partial charge in [-0.3, -0.25) is 4.79 Å². The van der Waals surface area contributed by atoms with Crippen LogP contribution in [0, 0.1) is 0 Å². The molecule has 150 valence electrons. The van der Waals surface area contributed by atoms with E-state index in [1.54, 1.807) is 30.3 Å². The summed E-state index contributed by atoms with van der Waals surface area (Å²) in [7, 11) is 0. The molecular weight excluding hydrogens is 431 g/mol. The third-order valence-corrected chi connectivity index (χ3v) is 4.99. The van der Waals surface area contributed by atoms with Gasteiger partial charge in [0.15, 0.2) is 0 Å². The number of rotatable bonds is 5. The molecule has 1 aromatic heterocycles. The number of halogens is 2. The van der Waals surface area contributed by atoms with Crippen LogP contribution < -0.4 is 4.90 Å². The number of carbonyl (C=O) groups is 3. The van der Waals surface area contributed by atoms with Crippen LogP contribution in [0.4, 0.5) is 10.5 Å². The van der Waals surface area contributed by atoms with E-state index in [1.807, 2.05) is 0 Å². The van der Waals surface area contributed by atoms with Crippen molar-refractivity contribution < 1.29 is 23.9 Å². The first kappa shape index (κ1) is 19.9. The average Bonchev–Trinajstić information content (AvgIpc) is 3.26. The lowest BCUT2D eigenvalue weighted by Gasteiger charge is -2.12. The highest BCUT2D eigenvalue weighted by Gasteiger charge is 2.35. The van der Waals surface area contributed by atoms with E-state index >= 15 is 0 Å². The normalized spacial score (nSPS) is 13.7. The zero-order valence-electron chi connectivity index (χ0n) is 15.1. The van der Waals surface area contributed by atoms with Gasteiger partial charge >= 0.3 is 12.0 Å². The number of aromatic carboxylic acids is 1. The maximum absolute atomic E-state index is 12.7. The molecule has 3 amide bonds. The quantitative estimate of drug-likeness (QED) is 0.591. The van der Waals surface area contributed by atoms with E-state index in [2.05, 4.69) is 4.99 Å². The molecule has 1 aliphatic heterocycles. The molecule has 7 nitrogen and oxygen atoms in total. The summed E-state index contributed by atoms with van der Waals surface area (Å²) < 4.78 is 5.73. The Bertz CT molecular complexity index is 1230. The second kappa shape index (κ2) is 7.78. The number of amides is 3. The number of imide groups is 1. The van der Waals surface area contributed by atoms with Gasteiger partial charge in [-0.1, -0.05) is 29.3 Å². The number of anilines is 1. The topological polar surface area (TPSA) is 100 Å². The van der Waals surface area contributed by atoms with Gasteiger partial charge in [0, 0.05) is 10.6 Å². The molecule has 4 rings (SSSR count). The number of aliphatic imine (C=N–C) groups is 1. The summed E-state index contributed by atoms with van der Waals surface area (Å²) in [5.41, 5.74) is 0.810. The van der Waals surface area contributed by atoms with Crippen LogP contribution in [0.3, 0.4) is 0 Å². The maximum atomic E-state index is 12.7. The number of furan rings is 1. The molecule has 0 atom stereocenters. The fraction of sp³-hybridized carbons (Fsp3) is 0.0476. The lowest BCUT2D eigenvalue weighted by molar-refractivity contribution is -0.111. The number of hydrogen-bond donors (Lipinski definition) is 1. The summed E-state index contributed by atoms with van der Waals surface area (Å²) in [5, 5.41) is 9.86. The second-order valence-corrected chi connectivity index (χ2v) is 7.25. The van der Waals surface area contributed by atoms with Crippen LogP contribution in [-0.4, -0.2) is 28.7 Å². The van der Waals surface area contributed by atoms with Crippen LogP contribution >= 0.6 is 23.2 Å². The van der Waals surface area contributed by atoms with Crippen molar-refractivity contribution in [1.29, 1.82) is 0 Å². The van der Waals surface area contributed by atoms with Crippen molar-refractivity contribution in [2.45, 2.75) is 6.42 Å². The van der Waals surface area contributed by atoms with Crippen LogP contribution in [0.2, 0.25) is 10.0 Å². The number of benzene rings is 2. The van der Waals surface area contributed by atoms with Crippen LogP contribution in [0.5, 0.6) is 0 Å². The molecule has 0 spiro atoms. The van der Waals surface area contributed by atoms with Crippen molar-refractivity contribution in [3.05, 3.63) is 76.0 Å². The third kappa shape index (κ3) is 3.72. The first-order chi connectivity index (χ1) is 14.3. The SMILES string of the molecule is O=C(O)c1ccc(Cl)c(-c2ccc(CC3=NC(=O)N(c4cccc(Cl)c4)C3=O)o2)c1. The van der Waals surface area contributed by atoms with E-state index in [0.717, 1.165) is 4.90 Å². The molecule has 30 heavy (non-hydrogen) atoms. The van der Waals surface area contributed by atoms with Crippen LogP contribution in [0.25, 0.3) is 11.3 Å². The monoisotopic (exact) mass is 442 g/mol. The highest BCUT2D eigenvalue weighted by molar-refractivity contribution is 6.54. The number of nitrogens with zero attached hydrogens (tertiary/aromatic N) is 2. The molecule has 2 aromatic carbocycles. The van der Waals surface area contributed by atoms with Crippen molar-refractivity contribution in [2.75, 3.05) is 4.90 Å². The Morgan fingerprint density at radius 3 is 2.60 bits per heavy atom. The third-order valence-electron chi connectivity index (χ3n) is 4.42. The van der Waals surface area contributed by atoms with Crippen LogP contribution in [0.1, 0.15) is 16.1 Å². The van der Waals surface area contributed by atoms with Gasteiger partial charge in [-0.05, 0) is 48.5 Å². The molecule has 0 radical (unpaired) electrons. The van der Waals surface area contributed by atoms with E-state index in [4.69, 9.17) is 32.7 Å². The van der Waals surface area contributed by atoms with Crippen molar-refractivity contribution in [1.82, 2.24) is 0 Å². The van der Waals surface area contributed by atoms with E-state index in [9.17, 15) is 14.4 Å². The second-order valence-electron chi connectivity index (χ2n) is 6.40. The summed E-state index contributed by atoms with van der Waals surface area (Å²) in [4.78, 5) is 40.9. The predicted octanol–water partition coefficient (Wildman–Crippen LogP) is 5.10. The van der Waals surface area contributed by atoms with Gasteiger partial charge in [0.05, 0.1) is 22.7 Å². The lowest BCUT2D eigenvalue weighted by Crippen LogP contribution is -2.33. The average molecular weight is 443 g/mol. The van der Waals surface area contributed by atoms with Crippen molar-refractivity contribution in [2.24, 2.45) is 4.99 Å². The predicted molar refractivity (Wildman–Crippen MR) is 112 cm³/mol. The maximum Gasteiger partial charge on any atom is 0.355 e. The Morgan fingerprint density at radius 1 is 1.07 bits per heavy atom. The Kier molecular flexibility index (Phi) is 5.15. The van der Waals surface area contributed by atoms with Gasteiger partial charge in [-0.15, -0.1) is 0 Å². The first-order valence-electron chi connectivity index (χ1n) is 8.67. The Balaban J connectivity index is 1.57. The summed E-state index contributed by atoms with van der Waals surface area (Å²) in [6.07, 6.45) is -0.0160. The van der Waals surface area contributed by atoms with Gasteiger partial charge < -0.3 is 9.52 Å². The number of hydrogen-bond acceptors (Lipinski definition) is 4. The van der Waals surface area contributed by atoms with Gasteiger partial charge in [0.25, 0.3) is 5.91 Å². The summed E-state index contributed by atoms with van der Waals surface area (Å²) in [6.45, 7) is 0. The Labute approximate surface area is 180 Å². The first-order valence-corrected chi connectivity index (χ1v) is 9.42. The van der Waals surface area contributed by atoms with E-state index in [1.165, 1.54) is 24.3 Å². The van der Waals surface area contributed by atoms with E-state index in [0.29, 0.717) is 32.8 Å². The summed E-state index contributed by atoms with van der Waals surface area (Å²) in [6, 6.07) is 13.1. The number of carboxylic acid groups (broad SMARTS) is 1. The molecular formula is C21H12Cl2N2O5. The highest BCUT2D eigenvalue weighted by atomic mass is 35.5. The van der Waals surface area contributed by atoms with E-state index < -0.39 is 17.9 Å². The zero-order chi connectivity index (χ0) is 21.4. The molecule has 1 N–H and O–H groups in total. The van der Waals surface area contributed by atoms with E-state index in [-0.39, 0.29) is 17.7 Å². The molecule has 3 aromatic rings. The fourth-order valence-electron chi connectivity index (χ4n) is 3.02. The Hall–Kier alpha value is -3.42. The lowest BCUT2D eigenvalue weighted by atomic mass is 10.1. The molecule has 0 unspecified atom stereocenters. The largest absolute Gasteiger partial charge is 0.478 e. The fourth-order valence-corrected chi connectivity index (χ4v) is 3.41. The standard InChI is InChI=1S/C21H12Cl2N2O5/c22-12-2-1-3-13(9-12)25-19(26)17(24-21(25)29)10-14-5-7-18(30-14)15-8-11(20(27)28)4-6-16(15)23/h1-9H,10H2,(H,27,28).